The predicted molar refractivity (Wildman–Crippen MR) is 125 cm³/mol. The summed E-state index contributed by atoms with van der Waals surface area (Å²) in [7, 11) is 0. The van der Waals surface area contributed by atoms with Gasteiger partial charge in [-0.15, -0.1) is 0 Å². The number of hydrogen-bond donors (Lipinski definition) is 3. The Bertz CT molecular complexity index is 1430. The molecule has 0 saturated heterocycles. The highest BCUT2D eigenvalue weighted by Gasteiger charge is 2.15. The molecule has 0 atom stereocenters. The average molecular weight is 439 g/mol. The summed E-state index contributed by atoms with van der Waals surface area (Å²) in [5.41, 5.74) is 4.40. The zero-order valence-corrected chi connectivity index (χ0v) is 17.6. The molecule has 3 aromatic carbocycles. The molecule has 0 bridgehead atoms. The molecule has 0 radical (unpaired) electrons. The second-order valence-electron chi connectivity index (χ2n) is 7.77. The fourth-order valence-electron chi connectivity index (χ4n) is 3.72. The van der Waals surface area contributed by atoms with E-state index in [9.17, 15) is 15.0 Å². The second kappa shape index (κ2) is 8.64. The number of carbonyl (C=O) groups excluding carboxylic acids is 1. The number of anilines is 1. The van der Waals surface area contributed by atoms with Gasteiger partial charge in [0, 0.05) is 30.1 Å². The van der Waals surface area contributed by atoms with Gasteiger partial charge in [0.2, 0.25) is 0 Å². The summed E-state index contributed by atoms with van der Waals surface area (Å²) < 4.78 is 7.39. The van der Waals surface area contributed by atoms with E-state index in [0.29, 0.717) is 23.6 Å². The number of benzene rings is 3. The summed E-state index contributed by atoms with van der Waals surface area (Å²) in [6, 6.07) is 23.7. The maximum absolute atomic E-state index is 12.7. The normalized spacial score (nSPS) is 11.1. The van der Waals surface area contributed by atoms with Gasteiger partial charge in [-0.1, -0.05) is 47.6 Å². The number of hydrogen-bond acceptors (Lipinski definition) is 5. The molecule has 0 spiro atoms. The van der Waals surface area contributed by atoms with Crippen molar-refractivity contribution in [1.82, 2.24) is 9.72 Å². The summed E-state index contributed by atoms with van der Waals surface area (Å²) in [5, 5.41) is 26.7. The topological polar surface area (TPSA) is 101 Å². The molecule has 3 N–H and O–H groups in total. The van der Waals surface area contributed by atoms with Crippen molar-refractivity contribution in [3.8, 4) is 17.1 Å². The minimum absolute atomic E-state index is 0.0244. The minimum atomic E-state index is -0.387. The summed E-state index contributed by atoms with van der Waals surface area (Å²) in [6.45, 7) is 0.694. The van der Waals surface area contributed by atoms with E-state index in [1.807, 2.05) is 54.7 Å². The number of aliphatic hydroxyl groups excluding tert-OH is 1. The van der Waals surface area contributed by atoms with E-state index in [2.05, 4.69) is 15.0 Å². The Balaban J connectivity index is 1.35. The van der Waals surface area contributed by atoms with Gasteiger partial charge in [-0.2, -0.15) is 0 Å². The first kappa shape index (κ1) is 20.5. The van der Waals surface area contributed by atoms with Crippen LogP contribution in [0.5, 0.6) is 5.75 Å². The summed E-state index contributed by atoms with van der Waals surface area (Å²) in [6.07, 6.45) is 2.01. The lowest BCUT2D eigenvalue weighted by Crippen LogP contribution is -2.12. The highest BCUT2D eigenvalue weighted by Crippen LogP contribution is 2.25. The van der Waals surface area contributed by atoms with Crippen molar-refractivity contribution >= 4 is 22.5 Å². The molecule has 33 heavy (non-hydrogen) atoms. The van der Waals surface area contributed by atoms with Crippen molar-refractivity contribution in [3.63, 3.8) is 0 Å². The highest BCUT2D eigenvalue weighted by molar-refractivity contribution is 6.04. The third-order valence-corrected chi connectivity index (χ3v) is 5.46. The fraction of sp³-hybridized carbons (Fsp3) is 0.0769. The van der Waals surface area contributed by atoms with Crippen LogP contribution in [0.25, 0.3) is 22.2 Å². The van der Waals surface area contributed by atoms with Crippen LogP contribution in [0.4, 0.5) is 5.69 Å². The number of carbonyl (C=O) groups is 1. The number of amides is 1. The molecule has 5 rings (SSSR count). The van der Waals surface area contributed by atoms with Crippen LogP contribution < -0.4 is 5.32 Å². The predicted octanol–water partition coefficient (Wildman–Crippen LogP) is 4.79. The van der Waals surface area contributed by atoms with Crippen molar-refractivity contribution in [2.45, 2.75) is 13.2 Å². The maximum atomic E-state index is 12.7. The van der Waals surface area contributed by atoms with Crippen LogP contribution in [0.15, 0.2) is 89.6 Å². The van der Waals surface area contributed by atoms with Crippen molar-refractivity contribution in [1.29, 1.82) is 0 Å². The molecular formula is C26H21N3O4. The largest absolute Gasteiger partial charge is 0.508 e. The molecule has 0 fully saturated rings. The van der Waals surface area contributed by atoms with Crippen LogP contribution in [0.3, 0.4) is 0 Å². The number of nitrogens with one attached hydrogen (secondary N) is 1. The molecular weight excluding hydrogens is 418 g/mol. The Morgan fingerprint density at radius 2 is 1.79 bits per heavy atom. The number of aromatic nitrogens is 2. The molecule has 0 aliphatic heterocycles. The molecule has 7 heteroatoms. The lowest BCUT2D eigenvalue weighted by molar-refractivity contribution is 0.101. The lowest BCUT2D eigenvalue weighted by Gasteiger charge is -2.08. The highest BCUT2D eigenvalue weighted by atomic mass is 16.5. The van der Waals surface area contributed by atoms with Crippen LogP contribution in [-0.2, 0) is 13.2 Å². The summed E-state index contributed by atoms with van der Waals surface area (Å²) >= 11 is 0. The lowest BCUT2D eigenvalue weighted by atomic mass is 10.1. The van der Waals surface area contributed by atoms with Gasteiger partial charge < -0.3 is 24.6 Å². The van der Waals surface area contributed by atoms with Crippen molar-refractivity contribution in [2.24, 2.45) is 0 Å². The third-order valence-electron chi connectivity index (χ3n) is 5.46. The maximum Gasteiger partial charge on any atom is 0.277 e. The van der Waals surface area contributed by atoms with Crippen LogP contribution in [0.1, 0.15) is 21.6 Å². The summed E-state index contributed by atoms with van der Waals surface area (Å²) in [4.78, 5) is 12.7. The molecule has 2 aromatic heterocycles. The first-order valence-electron chi connectivity index (χ1n) is 10.4. The van der Waals surface area contributed by atoms with Gasteiger partial charge in [0.05, 0.1) is 12.1 Å². The Labute approximate surface area is 189 Å². The number of aromatic hydroxyl groups is 1. The van der Waals surface area contributed by atoms with E-state index >= 15 is 0 Å². The van der Waals surface area contributed by atoms with Gasteiger partial charge in [-0.05, 0) is 46.8 Å². The van der Waals surface area contributed by atoms with Crippen LogP contribution in [-0.4, -0.2) is 25.8 Å². The Kier molecular flexibility index (Phi) is 5.38. The van der Waals surface area contributed by atoms with E-state index in [1.165, 1.54) is 0 Å². The van der Waals surface area contributed by atoms with Crippen molar-refractivity contribution < 1.29 is 19.5 Å². The summed E-state index contributed by atoms with van der Waals surface area (Å²) in [5.74, 6) is 0.116. The Morgan fingerprint density at radius 3 is 2.58 bits per heavy atom. The molecule has 0 aliphatic rings. The van der Waals surface area contributed by atoms with Crippen molar-refractivity contribution in [3.05, 3.63) is 102 Å². The number of aliphatic hydroxyl groups is 1. The first-order chi connectivity index (χ1) is 16.1. The standard InChI is InChI=1S/C26H21N3O4/c30-16-18-6-4-17(5-7-18)15-29-11-10-19-8-9-21(13-24(19)29)27-26(32)23-14-25(33-28-23)20-2-1-3-22(31)12-20/h1-14,30-31H,15-16H2,(H,27,32). The van der Waals surface area contributed by atoms with E-state index < -0.39 is 0 Å². The SMILES string of the molecule is O=C(Nc1ccc2ccn(Cc3ccc(CO)cc3)c2c1)c1cc(-c2cccc(O)c2)on1. The molecule has 0 aliphatic carbocycles. The minimum Gasteiger partial charge on any atom is -0.508 e. The van der Waals surface area contributed by atoms with E-state index in [-0.39, 0.29) is 24.0 Å². The van der Waals surface area contributed by atoms with Crippen LogP contribution in [0.2, 0.25) is 0 Å². The number of phenols is 1. The number of rotatable bonds is 6. The van der Waals surface area contributed by atoms with Crippen LogP contribution >= 0.6 is 0 Å². The Morgan fingerprint density at radius 1 is 0.970 bits per heavy atom. The quantitative estimate of drug-likeness (QED) is 0.353. The first-order valence-corrected chi connectivity index (χ1v) is 10.4. The molecule has 1 amide bonds. The number of phenolic OH excluding ortho intramolecular Hbond substituents is 1. The third kappa shape index (κ3) is 4.35. The van der Waals surface area contributed by atoms with Gasteiger partial charge in [-0.25, -0.2) is 0 Å². The molecule has 164 valence electrons. The van der Waals surface area contributed by atoms with E-state index in [4.69, 9.17) is 4.52 Å². The number of fused-ring (bicyclic) bond motifs is 1. The van der Waals surface area contributed by atoms with Gasteiger partial charge in [0.15, 0.2) is 11.5 Å². The smallest absolute Gasteiger partial charge is 0.277 e. The van der Waals surface area contributed by atoms with Gasteiger partial charge in [0.1, 0.15) is 5.75 Å². The van der Waals surface area contributed by atoms with Gasteiger partial charge in [-0.3, -0.25) is 4.79 Å². The molecule has 0 saturated carbocycles. The van der Waals surface area contributed by atoms with Gasteiger partial charge >= 0.3 is 0 Å². The molecule has 7 nitrogen and oxygen atoms in total. The molecule has 2 heterocycles. The van der Waals surface area contributed by atoms with E-state index in [0.717, 1.165) is 22.0 Å². The van der Waals surface area contributed by atoms with Gasteiger partial charge in [0.25, 0.3) is 5.91 Å². The Hall–Kier alpha value is -4.36. The number of nitrogens with zero attached hydrogens (tertiary/aromatic N) is 2. The van der Waals surface area contributed by atoms with Crippen LogP contribution in [0, 0.1) is 0 Å². The molecule has 0 unspecified atom stereocenters. The zero-order chi connectivity index (χ0) is 22.8. The van der Waals surface area contributed by atoms with Crippen molar-refractivity contribution in [2.75, 3.05) is 5.32 Å². The zero-order valence-electron chi connectivity index (χ0n) is 17.6. The second-order valence-corrected chi connectivity index (χ2v) is 7.77. The molecule has 5 aromatic rings. The monoisotopic (exact) mass is 439 g/mol. The fourth-order valence-corrected chi connectivity index (χ4v) is 3.72. The van der Waals surface area contributed by atoms with E-state index in [1.54, 1.807) is 30.3 Å². The average Bonchev–Trinajstić information content (AvgIpc) is 3.48.